The van der Waals surface area contributed by atoms with Crippen LogP contribution in [0.1, 0.15) is 31.2 Å². The highest BCUT2D eigenvalue weighted by molar-refractivity contribution is 5.79. The number of ether oxygens (including phenoxy) is 2. The molecule has 25 heavy (non-hydrogen) atoms. The highest BCUT2D eigenvalue weighted by atomic mass is 19.1. The van der Waals surface area contributed by atoms with Crippen LogP contribution >= 0.6 is 0 Å². The predicted molar refractivity (Wildman–Crippen MR) is 90.6 cm³/mol. The van der Waals surface area contributed by atoms with Crippen molar-refractivity contribution in [3.8, 4) is 0 Å². The number of rotatable bonds is 6. The van der Waals surface area contributed by atoms with Gasteiger partial charge in [-0.05, 0) is 43.4 Å². The van der Waals surface area contributed by atoms with Gasteiger partial charge < -0.3 is 19.5 Å². The van der Waals surface area contributed by atoms with E-state index < -0.39 is 0 Å². The van der Waals surface area contributed by atoms with Crippen molar-refractivity contribution in [2.24, 2.45) is 0 Å². The summed E-state index contributed by atoms with van der Waals surface area (Å²) in [6.07, 6.45) is 3.59. The molecule has 1 N–H and O–H groups in total. The Balaban J connectivity index is 1.70. The summed E-state index contributed by atoms with van der Waals surface area (Å²) in [5, 5.41) is 8.96. The predicted octanol–water partition coefficient (Wildman–Crippen LogP) is 1.92. The molecular formula is C19H26FNO4. The minimum atomic E-state index is -0.299. The lowest BCUT2D eigenvalue weighted by atomic mass is 9.79. The molecular weight excluding hydrogens is 325 g/mol. The molecule has 1 heterocycles. The molecule has 0 aromatic heterocycles. The first-order valence-electron chi connectivity index (χ1n) is 8.89. The van der Waals surface area contributed by atoms with E-state index in [1.54, 1.807) is 19.2 Å². The standard InChI is InChI=1S/C19H26FNO4/c1-24-19-7-6-16(25-11-10-22)13-17(19)21(9-8-19)18(23)12-14-2-4-15(20)5-3-14/h2-5,16-17,22H,6-13H2,1H3/t16?,17?,19-/m1/s1. The lowest BCUT2D eigenvalue weighted by molar-refractivity contribution is -0.141. The summed E-state index contributed by atoms with van der Waals surface area (Å²) in [6, 6.07) is 6.06. The van der Waals surface area contributed by atoms with Crippen LogP contribution in [0.2, 0.25) is 0 Å². The molecule has 5 nitrogen and oxygen atoms in total. The zero-order chi connectivity index (χ0) is 17.9. The molecule has 0 bridgehead atoms. The maximum atomic E-state index is 13.0. The van der Waals surface area contributed by atoms with Gasteiger partial charge in [-0.3, -0.25) is 4.79 Å². The molecule has 3 atom stereocenters. The zero-order valence-corrected chi connectivity index (χ0v) is 14.6. The van der Waals surface area contributed by atoms with E-state index in [1.807, 2.05) is 4.90 Å². The van der Waals surface area contributed by atoms with Crippen LogP contribution < -0.4 is 0 Å². The van der Waals surface area contributed by atoms with Crippen molar-refractivity contribution < 1.29 is 23.8 Å². The van der Waals surface area contributed by atoms with E-state index in [2.05, 4.69) is 0 Å². The summed E-state index contributed by atoms with van der Waals surface area (Å²) in [5.74, 6) is -0.259. The Bertz CT molecular complexity index is 594. The van der Waals surface area contributed by atoms with Crippen molar-refractivity contribution in [2.45, 2.75) is 49.9 Å². The topological polar surface area (TPSA) is 59.0 Å². The number of carbonyl (C=O) groups is 1. The quantitative estimate of drug-likeness (QED) is 0.851. The molecule has 6 heteroatoms. The highest BCUT2D eigenvalue weighted by Gasteiger charge is 2.52. The third kappa shape index (κ3) is 3.86. The van der Waals surface area contributed by atoms with Crippen LogP contribution in [-0.2, 0) is 20.7 Å². The average Bonchev–Trinajstić information content (AvgIpc) is 3.01. The normalized spacial score (nSPS) is 28.8. The van der Waals surface area contributed by atoms with Gasteiger partial charge in [0.15, 0.2) is 0 Å². The number of benzene rings is 1. The van der Waals surface area contributed by atoms with Gasteiger partial charge >= 0.3 is 0 Å². The first kappa shape index (κ1) is 18.3. The number of aliphatic hydroxyl groups excluding tert-OH is 1. The van der Waals surface area contributed by atoms with Gasteiger partial charge in [-0.15, -0.1) is 0 Å². The van der Waals surface area contributed by atoms with Crippen LogP contribution in [0, 0.1) is 5.82 Å². The number of nitrogens with zero attached hydrogens (tertiary/aromatic N) is 1. The van der Waals surface area contributed by atoms with Gasteiger partial charge in [0.05, 0.1) is 37.4 Å². The lowest BCUT2D eigenvalue weighted by Crippen LogP contribution is -2.53. The Morgan fingerprint density at radius 1 is 1.36 bits per heavy atom. The molecule has 0 radical (unpaired) electrons. The van der Waals surface area contributed by atoms with Crippen molar-refractivity contribution in [3.05, 3.63) is 35.6 Å². The Morgan fingerprint density at radius 3 is 2.80 bits per heavy atom. The molecule has 1 aromatic rings. The van der Waals surface area contributed by atoms with Gasteiger partial charge in [-0.1, -0.05) is 12.1 Å². The van der Waals surface area contributed by atoms with Crippen LogP contribution in [0.15, 0.2) is 24.3 Å². The second-order valence-electron chi connectivity index (χ2n) is 6.92. The van der Waals surface area contributed by atoms with Crippen molar-refractivity contribution in [2.75, 3.05) is 26.9 Å². The monoisotopic (exact) mass is 351 g/mol. The van der Waals surface area contributed by atoms with E-state index in [-0.39, 0.29) is 42.5 Å². The average molecular weight is 351 g/mol. The van der Waals surface area contributed by atoms with E-state index in [0.717, 1.165) is 31.2 Å². The van der Waals surface area contributed by atoms with Crippen LogP contribution in [0.25, 0.3) is 0 Å². The second-order valence-corrected chi connectivity index (χ2v) is 6.92. The Labute approximate surface area is 147 Å². The molecule has 2 fully saturated rings. The summed E-state index contributed by atoms with van der Waals surface area (Å²) in [4.78, 5) is 14.7. The van der Waals surface area contributed by atoms with Gasteiger partial charge in [0.2, 0.25) is 5.91 Å². The number of hydrogen-bond acceptors (Lipinski definition) is 4. The van der Waals surface area contributed by atoms with E-state index in [0.29, 0.717) is 13.2 Å². The van der Waals surface area contributed by atoms with Crippen molar-refractivity contribution in [3.63, 3.8) is 0 Å². The Hall–Kier alpha value is -1.50. The number of carbonyl (C=O) groups excluding carboxylic acids is 1. The van der Waals surface area contributed by atoms with E-state index in [4.69, 9.17) is 14.6 Å². The molecule has 2 unspecified atom stereocenters. The summed E-state index contributed by atoms with van der Waals surface area (Å²) in [6.45, 7) is 0.996. The molecule has 2 aliphatic rings. The minimum absolute atomic E-state index is 0.00377. The number of likely N-dealkylation sites (tertiary alicyclic amines) is 1. The minimum Gasteiger partial charge on any atom is -0.394 e. The molecule has 138 valence electrons. The largest absolute Gasteiger partial charge is 0.394 e. The number of fused-ring (bicyclic) bond motifs is 1. The number of methoxy groups -OCH3 is 1. The van der Waals surface area contributed by atoms with Crippen LogP contribution in [0.5, 0.6) is 0 Å². The van der Waals surface area contributed by atoms with E-state index >= 15 is 0 Å². The van der Waals surface area contributed by atoms with Gasteiger partial charge in [-0.2, -0.15) is 0 Å². The maximum absolute atomic E-state index is 13.0. The summed E-state index contributed by atoms with van der Waals surface area (Å²) in [5.41, 5.74) is 0.516. The van der Waals surface area contributed by atoms with Crippen LogP contribution in [-0.4, -0.2) is 60.5 Å². The summed E-state index contributed by atoms with van der Waals surface area (Å²) >= 11 is 0. The smallest absolute Gasteiger partial charge is 0.227 e. The number of halogens is 1. The van der Waals surface area contributed by atoms with E-state index in [9.17, 15) is 9.18 Å². The SMILES string of the molecule is CO[C@@]12CCC(OCCO)CC1N(C(=O)Cc1ccc(F)cc1)CC2. The first-order chi connectivity index (χ1) is 12.1. The third-order valence-corrected chi connectivity index (χ3v) is 5.58. The van der Waals surface area contributed by atoms with Crippen molar-refractivity contribution in [1.29, 1.82) is 0 Å². The zero-order valence-electron chi connectivity index (χ0n) is 14.6. The third-order valence-electron chi connectivity index (χ3n) is 5.58. The van der Waals surface area contributed by atoms with Gasteiger partial charge in [-0.25, -0.2) is 4.39 Å². The van der Waals surface area contributed by atoms with Gasteiger partial charge in [0.1, 0.15) is 5.82 Å². The van der Waals surface area contributed by atoms with Crippen molar-refractivity contribution >= 4 is 5.91 Å². The molecule has 1 aromatic carbocycles. The molecule has 1 aliphatic carbocycles. The molecule has 1 amide bonds. The number of aliphatic hydroxyl groups is 1. The Morgan fingerprint density at radius 2 is 2.12 bits per heavy atom. The lowest BCUT2D eigenvalue weighted by Gasteiger charge is -2.43. The second kappa shape index (κ2) is 7.81. The Kier molecular flexibility index (Phi) is 5.71. The van der Waals surface area contributed by atoms with Crippen LogP contribution in [0.4, 0.5) is 4.39 Å². The molecule has 3 rings (SSSR count). The van der Waals surface area contributed by atoms with Crippen molar-refractivity contribution in [1.82, 2.24) is 4.90 Å². The molecule has 1 saturated heterocycles. The summed E-state index contributed by atoms with van der Waals surface area (Å²) in [7, 11) is 1.72. The van der Waals surface area contributed by atoms with E-state index in [1.165, 1.54) is 12.1 Å². The number of hydrogen-bond donors (Lipinski definition) is 1. The van der Waals surface area contributed by atoms with Crippen LogP contribution in [0.3, 0.4) is 0 Å². The molecule has 1 saturated carbocycles. The molecule has 1 aliphatic heterocycles. The fourth-order valence-corrected chi connectivity index (χ4v) is 4.21. The first-order valence-corrected chi connectivity index (χ1v) is 8.89. The highest BCUT2D eigenvalue weighted by Crippen LogP contribution is 2.43. The fourth-order valence-electron chi connectivity index (χ4n) is 4.21. The fraction of sp³-hybridized carbons (Fsp3) is 0.632. The number of amides is 1. The summed E-state index contributed by atoms with van der Waals surface area (Å²) < 4.78 is 24.6. The van der Waals surface area contributed by atoms with Gasteiger partial charge in [0.25, 0.3) is 0 Å². The maximum Gasteiger partial charge on any atom is 0.227 e. The van der Waals surface area contributed by atoms with Gasteiger partial charge in [0, 0.05) is 13.7 Å². The molecule has 0 spiro atoms.